The van der Waals surface area contributed by atoms with Crippen LogP contribution in [0.5, 0.6) is 0 Å². The highest BCUT2D eigenvalue weighted by atomic mass is 35.5. The number of hydrogen-bond acceptors (Lipinski definition) is 3. The minimum atomic E-state index is -0.698. The lowest BCUT2D eigenvalue weighted by atomic mass is 9.93. The van der Waals surface area contributed by atoms with E-state index in [0.29, 0.717) is 18.0 Å². The van der Waals surface area contributed by atoms with Crippen molar-refractivity contribution < 1.29 is 5.11 Å². The molecule has 2 rings (SSSR count). The predicted molar refractivity (Wildman–Crippen MR) is 63.4 cm³/mol. The standard InChI is InChI=1S/C11H18ClN3O/c1-7-9(10(12)15(2)14-7)6-11(16)4-3-8(13)5-11/h8,16H,3-6,13H2,1-2H3. The summed E-state index contributed by atoms with van der Waals surface area (Å²) in [5, 5.41) is 15.3. The van der Waals surface area contributed by atoms with E-state index < -0.39 is 5.60 Å². The van der Waals surface area contributed by atoms with Crippen LogP contribution >= 0.6 is 11.6 Å². The number of aryl methyl sites for hydroxylation is 2. The lowest BCUT2D eigenvalue weighted by molar-refractivity contribution is 0.0467. The number of halogens is 1. The minimum Gasteiger partial charge on any atom is -0.389 e. The Morgan fingerprint density at radius 2 is 2.38 bits per heavy atom. The second-order valence-corrected chi connectivity index (χ2v) is 5.24. The molecule has 1 aromatic heterocycles. The molecule has 0 aliphatic heterocycles. The van der Waals surface area contributed by atoms with Crippen molar-refractivity contribution in [2.75, 3.05) is 0 Å². The van der Waals surface area contributed by atoms with E-state index in [2.05, 4.69) is 5.10 Å². The van der Waals surface area contributed by atoms with Crippen LogP contribution in [0.1, 0.15) is 30.5 Å². The summed E-state index contributed by atoms with van der Waals surface area (Å²) < 4.78 is 1.64. The van der Waals surface area contributed by atoms with Gasteiger partial charge in [0.15, 0.2) is 0 Å². The number of aliphatic hydroxyl groups is 1. The molecule has 3 N–H and O–H groups in total. The highest BCUT2D eigenvalue weighted by Gasteiger charge is 2.37. The Hall–Kier alpha value is -0.580. The fourth-order valence-corrected chi connectivity index (χ4v) is 2.75. The van der Waals surface area contributed by atoms with Crippen molar-refractivity contribution in [3.05, 3.63) is 16.4 Å². The van der Waals surface area contributed by atoms with Gasteiger partial charge in [-0.1, -0.05) is 11.6 Å². The maximum absolute atomic E-state index is 10.4. The SMILES string of the molecule is Cc1nn(C)c(Cl)c1CC1(O)CCC(N)C1. The average molecular weight is 244 g/mol. The maximum Gasteiger partial charge on any atom is 0.130 e. The molecule has 90 valence electrons. The zero-order valence-corrected chi connectivity index (χ0v) is 10.5. The van der Waals surface area contributed by atoms with Gasteiger partial charge in [0.2, 0.25) is 0 Å². The van der Waals surface area contributed by atoms with Gasteiger partial charge in [-0.2, -0.15) is 5.10 Å². The quantitative estimate of drug-likeness (QED) is 0.820. The molecule has 5 heteroatoms. The number of hydrogen-bond donors (Lipinski definition) is 2. The lowest BCUT2D eigenvalue weighted by Crippen LogP contribution is -2.30. The maximum atomic E-state index is 10.4. The molecular formula is C11H18ClN3O. The van der Waals surface area contributed by atoms with Crippen LogP contribution in [-0.2, 0) is 13.5 Å². The van der Waals surface area contributed by atoms with E-state index in [-0.39, 0.29) is 6.04 Å². The van der Waals surface area contributed by atoms with Crippen LogP contribution in [0.15, 0.2) is 0 Å². The molecule has 0 bridgehead atoms. The molecule has 1 fully saturated rings. The Labute approximate surface area is 100 Å². The van der Waals surface area contributed by atoms with E-state index in [0.717, 1.165) is 24.1 Å². The van der Waals surface area contributed by atoms with Gasteiger partial charge in [-0.3, -0.25) is 4.68 Å². The van der Waals surface area contributed by atoms with Crippen LogP contribution in [0.3, 0.4) is 0 Å². The second-order valence-electron chi connectivity index (χ2n) is 4.88. The van der Waals surface area contributed by atoms with Crippen LogP contribution in [-0.4, -0.2) is 26.5 Å². The van der Waals surface area contributed by atoms with Crippen LogP contribution in [0.2, 0.25) is 5.15 Å². The molecule has 1 aliphatic rings. The first-order valence-corrected chi connectivity index (χ1v) is 5.95. The molecule has 16 heavy (non-hydrogen) atoms. The number of rotatable bonds is 2. The second kappa shape index (κ2) is 4.02. The monoisotopic (exact) mass is 243 g/mol. The lowest BCUT2D eigenvalue weighted by Gasteiger charge is -2.22. The normalized spacial score (nSPS) is 29.9. The Morgan fingerprint density at radius 3 is 2.81 bits per heavy atom. The van der Waals surface area contributed by atoms with Crippen molar-refractivity contribution in [3.8, 4) is 0 Å². The van der Waals surface area contributed by atoms with Crippen molar-refractivity contribution in [2.24, 2.45) is 12.8 Å². The summed E-state index contributed by atoms with van der Waals surface area (Å²) in [6.07, 6.45) is 2.84. The fraction of sp³-hybridized carbons (Fsp3) is 0.727. The molecule has 1 saturated carbocycles. The van der Waals surface area contributed by atoms with E-state index >= 15 is 0 Å². The Bertz CT molecular complexity index is 404. The van der Waals surface area contributed by atoms with Crippen LogP contribution < -0.4 is 5.73 Å². The first-order chi connectivity index (χ1) is 7.41. The summed E-state index contributed by atoms with van der Waals surface area (Å²) in [6, 6.07) is 0.112. The summed E-state index contributed by atoms with van der Waals surface area (Å²) in [6.45, 7) is 1.92. The molecule has 1 heterocycles. The number of nitrogens with two attached hydrogens (primary N) is 1. The minimum absolute atomic E-state index is 0.112. The Balaban J connectivity index is 2.21. The van der Waals surface area contributed by atoms with E-state index in [9.17, 15) is 5.11 Å². The summed E-state index contributed by atoms with van der Waals surface area (Å²) in [4.78, 5) is 0. The molecule has 0 amide bonds. The third kappa shape index (κ3) is 2.10. The van der Waals surface area contributed by atoms with Crippen LogP contribution in [0.4, 0.5) is 0 Å². The molecule has 0 spiro atoms. The molecule has 1 aliphatic carbocycles. The first-order valence-electron chi connectivity index (χ1n) is 5.57. The predicted octanol–water partition coefficient (Wildman–Crippen LogP) is 1.17. The van der Waals surface area contributed by atoms with Gasteiger partial charge in [0.1, 0.15) is 5.15 Å². The van der Waals surface area contributed by atoms with Crippen molar-refractivity contribution in [1.29, 1.82) is 0 Å². The van der Waals surface area contributed by atoms with Crippen molar-refractivity contribution >= 4 is 11.6 Å². The van der Waals surface area contributed by atoms with Gasteiger partial charge in [0.05, 0.1) is 11.3 Å². The topological polar surface area (TPSA) is 64.1 Å². The van der Waals surface area contributed by atoms with E-state index in [1.807, 2.05) is 14.0 Å². The largest absolute Gasteiger partial charge is 0.389 e. The first kappa shape index (κ1) is 11.9. The van der Waals surface area contributed by atoms with Gasteiger partial charge in [-0.15, -0.1) is 0 Å². The van der Waals surface area contributed by atoms with Crippen LogP contribution in [0, 0.1) is 6.92 Å². The summed E-state index contributed by atoms with van der Waals surface area (Å²) >= 11 is 6.15. The van der Waals surface area contributed by atoms with E-state index in [1.54, 1.807) is 4.68 Å². The molecule has 0 aromatic carbocycles. The number of nitrogens with zero attached hydrogens (tertiary/aromatic N) is 2. The molecule has 0 saturated heterocycles. The summed E-state index contributed by atoms with van der Waals surface area (Å²) in [5.74, 6) is 0. The fourth-order valence-electron chi connectivity index (χ4n) is 2.51. The molecule has 4 nitrogen and oxygen atoms in total. The van der Waals surface area contributed by atoms with E-state index in [1.165, 1.54) is 0 Å². The van der Waals surface area contributed by atoms with Gasteiger partial charge in [0, 0.05) is 25.1 Å². The average Bonchev–Trinajstić information content (AvgIpc) is 2.63. The van der Waals surface area contributed by atoms with E-state index in [4.69, 9.17) is 17.3 Å². The third-order valence-electron chi connectivity index (χ3n) is 3.40. The van der Waals surface area contributed by atoms with Gasteiger partial charge in [-0.25, -0.2) is 0 Å². The van der Waals surface area contributed by atoms with Gasteiger partial charge in [0.25, 0.3) is 0 Å². The molecular weight excluding hydrogens is 226 g/mol. The van der Waals surface area contributed by atoms with Crippen molar-refractivity contribution in [3.63, 3.8) is 0 Å². The zero-order chi connectivity index (χ0) is 11.9. The Kier molecular flexibility index (Phi) is 2.99. The van der Waals surface area contributed by atoms with Crippen molar-refractivity contribution in [2.45, 2.75) is 44.2 Å². The highest BCUT2D eigenvalue weighted by Crippen LogP contribution is 2.34. The van der Waals surface area contributed by atoms with Gasteiger partial charge in [-0.05, 0) is 26.2 Å². The molecule has 2 unspecified atom stereocenters. The third-order valence-corrected chi connectivity index (χ3v) is 3.87. The summed E-state index contributed by atoms with van der Waals surface area (Å²) in [7, 11) is 1.81. The smallest absolute Gasteiger partial charge is 0.130 e. The van der Waals surface area contributed by atoms with Crippen LogP contribution in [0.25, 0.3) is 0 Å². The van der Waals surface area contributed by atoms with Gasteiger partial charge >= 0.3 is 0 Å². The summed E-state index contributed by atoms with van der Waals surface area (Å²) in [5.41, 5.74) is 6.97. The molecule has 2 atom stereocenters. The molecule has 0 radical (unpaired) electrons. The molecule has 1 aromatic rings. The van der Waals surface area contributed by atoms with Crippen molar-refractivity contribution in [1.82, 2.24) is 9.78 Å². The Morgan fingerprint density at radius 1 is 1.69 bits per heavy atom. The highest BCUT2D eigenvalue weighted by molar-refractivity contribution is 6.30. The van der Waals surface area contributed by atoms with Gasteiger partial charge < -0.3 is 10.8 Å². The zero-order valence-electron chi connectivity index (χ0n) is 9.70. The number of aromatic nitrogens is 2.